The van der Waals surface area contributed by atoms with Crippen molar-refractivity contribution in [3.05, 3.63) is 64.1 Å². The number of hydrogen-bond acceptors (Lipinski definition) is 3. The summed E-state index contributed by atoms with van der Waals surface area (Å²) in [6.07, 6.45) is 6.91. The van der Waals surface area contributed by atoms with Crippen molar-refractivity contribution in [3.63, 3.8) is 0 Å². The van der Waals surface area contributed by atoms with E-state index in [1.165, 1.54) is 12.0 Å². The first-order valence-electron chi connectivity index (χ1n) is 10.3. The number of carbonyl (C=O) groups excluding carboxylic acids is 1. The van der Waals surface area contributed by atoms with Gasteiger partial charge in [0.25, 0.3) is 5.56 Å². The van der Waals surface area contributed by atoms with E-state index >= 15 is 0 Å². The van der Waals surface area contributed by atoms with E-state index in [2.05, 4.69) is 5.32 Å². The minimum Gasteiger partial charge on any atom is -0.327 e. The standard InChI is InChI=1S/C23H29N3O2/c1-15-7-9-16(10-8-15)14-26-11-3-6-20(23(26)28)25-22(27)19-12-17-4-2-5-18(13-19)21(17)24/h3,6-11,17-19,21H,2,4-5,12-14,24H2,1H3,(H,25,27). The number of nitrogens with one attached hydrogen (secondary N) is 1. The van der Waals surface area contributed by atoms with E-state index < -0.39 is 0 Å². The van der Waals surface area contributed by atoms with Gasteiger partial charge < -0.3 is 15.6 Å². The highest BCUT2D eigenvalue weighted by Crippen LogP contribution is 2.42. The lowest BCUT2D eigenvalue weighted by Crippen LogP contribution is -2.48. The lowest BCUT2D eigenvalue weighted by molar-refractivity contribution is -0.122. The summed E-state index contributed by atoms with van der Waals surface area (Å²) in [7, 11) is 0. The molecule has 28 heavy (non-hydrogen) atoms. The van der Waals surface area contributed by atoms with E-state index in [0.29, 0.717) is 24.1 Å². The molecule has 2 saturated carbocycles. The fraction of sp³-hybridized carbons (Fsp3) is 0.478. The monoisotopic (exact) mass is 379 g/mol. The molecule has 148 valence electrons. The number of aryl methyl sites for hydroxylation is 1. The Labute approximate surface area is 165 Å². The van der Waals surface area contributed by atoms with Gasteiger partial charge in [-0.15, -0.1) is 0 Å². The number of nitrogens with zero attached hydrogens (tertiary/aromatic N) is 1. The van der Waals surface area contributed by atoms with E-state index in [1.54, 1.807) is 16.8 Å². The first kappa shape index (κ1) is 18.9. The summed E-state index contributed by atoms with van der Waals surface area (Å²) in [6, 6.07) is 11.9. The number of pyridine rings is 1. The highest BCUT2D eigenvalue weighted by molar-refractivity contribution is 5.92. The van der Waals surface area contributed by atoms with Crippen molar-refractivity contribution in [1.29, 1.82) is 0 Å². The molecular formula is C23H29N3O2. The second-order valence-electron chi connectivity index (χ2n) is 8.53. The molecule has 5 nitrogen and oxygen atoms in total. The zero-order valence-corrected chi connectivity index (χ0v) is 16.4. The number of benzene rings is 1. The van der Waals surface area contributed by atoms with Gasteiger partial charge >= 0.3 is 0 Å². The summed E-state index contributed by atoms with van der Waals surface area (Å²) < 4.78 is 1.64. The zero-order chi connectivity index (χ0) is 19.7. The molecule has 1 aromatic carbocycles. The molecule has 2 fully saturated rings. The third-order valence-corrected chi connectivity index (χ3v) is 6.54. The SMILES string of the molecule is Cc1ccc(Cn2cccc(NC(=O)C3CC4CCCC(C3)C4N)c2=O)cc1. The van der Waals surface area contributed by atoms with Crippen LogP contribution < -0.4 is 16.6 Å². The minimum absolute atomic E-state index is 0.0333. The Hall–Kier alpha value is -2.40. The predicted molar refractivity (Wildman–Crippen MR) is 111 cm³/mol. The van der Waals surface area contributed by atoms with Gasteiger partial charge in [-0.1, -0.05) is 36.2 Å². The van der Waals surface area contributed by atoms with Crippen molar-refractivity contribution < 1.29 is 4.79 Å². The maximum atomic E-state index is 12.9. The summed E-state index contributed by atoms with van der Waals surface area (Å²) >= 11 is 0. The van der Waals surface area contributed by atoms with Crippen molar-refractivity contribution >= 4 is 11.6 Å². The van der Waals surface area contributed by atoms with Gasteiger partial charge in [0, 0.05) is 18.2 Å². The lowest BCUT2D eigenvalue weighted by Gasteiger charge is -2.43. The average Bonchev–Trinajstić information content (AvgIpc) is 2.66. The molecule has 0 aliphatic heterocycles. The number of amides is 1. The van der Waals surface area contributed by atoms with Gasteiger partial charge in [0.05, 0.1) is 6.54 Å². The fourth-order valence-corrected chi connectivity index (χ4v) is 4.88. The van der Waals surface area contributed by atoms with Crippen LogP contribution in [0.1, 0.15) is 43.2 Å². The Morgan fingerprint density at radius 2 is 1.82 bits per heavy atom. The molecule has 1 amide bonds. The van der Waals surface area contributed by atoms with E-state index in [9.17, 15) is 9.59 Å². The Morgan fingerprint density at radius 1 is 1.14 bits per heavy atom. The first-order valence-corrected chi connectivity index (χ1v) is 10.3. The first-order chi connectivity index (χ1) is 13.5. The molecule has 0 saturated heterocycles. The lowest BCUT2D eigenvalue weighted by atomic mass is 9.65. The van der Waals surface area contributed by atoms with Gasteiger partial charge in [-0.05, 0) is 62.1 Å². The Bertz CT molecular complexity index is 889. The van der Waals surface area contributed by atoms with Crippen LogP contribution >= 0.6 is 0 Å². The summed E-state index contributed by atoms with van der Waals surface area (Å²) in [5.41, 5.74) is 8.79. The van der Waals surface area contributed by atoms with Gasteiger partial charge in [0.15, 0.2) is 0 Å². The van der Waals surface area contributed by atoms with Crippen LogP contribution in [-0.2, 0) is 11.3 Å². The number of anilines is 1. The molecule has 2 bridgehead atoms. The van der Waals surface area contributed by atoms with Crippen molar-refractivity contribution in [2.75, 3.05) is 5.32 Å². The molecule has 0 radical (unpaired) electrons. The van der Waals surface area contributed by atoms with Gasteiger partial charge in [-0.3, -0.25) is 9.59 Å². The Morgan fingerprint density at radius 3 is 2.50 bits per heavy atom. The smallest absolute Gasteiger partial charge is 0.274 e. The van der Waals surface area contributed by atoms with E-state index in [4.69, 9.17) is 5.73 Å². The van der Waals surface area contributed by atoms with Crippen molar-refractivity contribution in [2.45, 2.75) is 51.6 Å². The third-order valence-electron chi connectivity index (χ3n) is 6.54. The molecule has 5 heteroatoms. The molecule has 2 aromatic rings. The normalized spacial score (nSPS) is 26.6. The fourth-order valence-electron chi connectivity index (χ4n) is 4.88. The zero-order valence-electron chi connectivity index (χ0n) is 16.4. The van der Waals surface area contributed by atoms with Gasteiger partial charge in [0.2, 0.25) is 5.91 Å². The summed E-state index contributed by atoms with van der Waals surface area (Å²) in [6.45, 7) is 2.53. The quantitative estimate of drug-likeness (QED) is 0.856. The maximum absolute atomic E-state index is 12.9. The Kier molecular flexibility index (Phi) is 5.36. The van der Waals surface area contributed by atoms with Crippen LogP contribution in [0.4, 0.5) is 5.69 Å². The van der Waals surface area contributed by atoms with E-state index in [1.807, 2.05) is 37.3 Å². The van der Waals surface area contributed by atoms with Crippen molar-refractivity contribution in [2.24, 2.45) is 23.5 Å². The van der Waals surface area contributed by atoms with Crippen LogP contribution in [0.15, 0.2) is 47.4 Å². The molecule has 2 atom stereocenters. The second-order valence-corrected chi connectivity index (χ2v) is 8.53. The summed E-state index contributed by atoms with van der Waals surface area (Å²) in [5, 5.41) is 2.91. The number of fused-ring (bicyclic) bond motifs is 2. The summed E-state index contributed by atoms with van der Waals surface area (Å²) in [4.78, 5) is 25.7. The van der Waals surface area contributed by atoms with Crippen LogP contribution in [0.25, 0.3) is 0 Å². The van der Waals surface area contributed by atoms with Crippen molar-refractivity contribution in [1.82, 2.24) is 4.57 Å². The van der Waals surface area contributed by atoms with Crippen LogP contribution in [0.3, 0.4) is 0 Å². The number of carbonyl (C=O) groups is 1. The molecule has 2 unspecified atom stereocenters. The average molecular weight is 380 g/mol. The van der Waals surface area contributed by atoms with E-state index in [-0.39, 0.29) is 23.4 Å². The number of rotatable bonds is 4. The van der Waals surface area contributed by atoms with Crippen LogP contribution in [0.5, 0.6) is 0 Å². The molecule has 1 heterocycles. The molecule has 4 rings (SSSR count). The van der Waals surface area contributed by atoms with Gasteiger partial charge in [-0.25, -0.2) is 0 Å². The number of hydrogen-bond donors (Lipinski definition) is 2. The van der Waals surface area contributed by atoms with Crippen LogP contribution in [-0.4, -0.2) is 16.5 Å². The van der Waals surface area contributed by atoms with Gasteiger partial charge in [0.1, 0.15) is 5.69 Å². The topological polar surface area (TPSA) is 77.1 Å². The molecule has 2 aliphatic carbocycles. The molecule has 0 spiro atoms. The maximum Gasteiger partial charge on any atom is 0.274 e. The van der Waals surface area contributed by atoms with E-state index in [0.717, 1.165) is 31.2 Å². The molecule has 1 aromatic heterocycles. The number of aromatic nitrogens is 1. The highest BCUT2D eigenvalue weighted by Gasteiger charge is 2.40. The molecule has 3 N–H and O–H groups in total. The molecule has 2 aliphatic rings. The summed E-state index contributed by atoms with van der Waals surface area (Å²) in [5.74, 6) is 0.809. The van der Waals surface area contributed by atoms with Crippen LogP contribution in [0.2, 0.25) is 0 Å². The Balaban J connectivity index is 1.47. The molecular weight excluding hydrogens is 350 g/mol. The third kappa shape index (κ3) is 3.90. The highest BCUT2D eigenvalue weighted by atomic mass is 16.2. The van der Waals surface area contributed by atoms with Crippen LogP contribution in [0, 0.1) is 24.7 Å². The largest absolute Gasteiger partial charge is 0.327 e. The minimum atomic E-state index is -0.163. The second kappa shape index (κ2) is 7.92. The number of nitrogens with two attached hydrogens (primary N) is 1. The van der Waals surface area contributed by atoms with Crippen molar-refractivity contribution in [3.8, 4) is 0 Å². The van der Waals surface area contributed by atoms with Gasteiger partial charge in [-0.2, -0.15) is 0 Å². The predicted octanol–water partition coefficient (Wildman–Crippen LogP) is 3.30.